The first kappa shape index (κ1) is 13.2. The molecule has 4 nitrogen and oxygen atoms in total. The van der Waals surface area contributed by atoms with Crippen molar-refractivity contribution in [2.24, 2.45) is 17.8 Å². The van der Waals surface area contributed by atoms with E-state index in [1.807, 2.05) is 13.8 Å². The number of aliphatic hydroxyl groups is 1. The summed E-state index contributed by atoms with van der Waals surface area (Å²) >= 11 is 0. The van der Waals surface area contributed by atoms with Gasteiger partial charge in [-0.2, -0.15) is 0 Å². The first-order chi connectivity index (χ1) is 7.43. The van der Waals surface area contributed by atoms with Gasteiger partial charge >= 0.3 is 5.97 Å². The van der Waals surface area contributed by atoms with Gasteiger partial charge in [-0.15, -0.1) is 0 Å². The molecule has 1 fully saturated rings. The van der Waals surface area contributed by atoms with Crippen LogP contribution in [0.25, 0.3) is 0 Å². The van der Waals surface area contributed by atoms with Gasteiger partial charge in [0.25, 0.3) is 0 Å². The van der Waals surface area contributed by atoms with Crippen LogP contribution in [0.4, 0.5) is 0 Å². The summed E-state index contributed by atoms with van der Waals surface area (Å²) in [5.74, 6) is -1.01. The maximum atomic E-state index is 11.8. The molecule has 0 aromatic carbocycles. The fraction of sp³-hybridized carbons (Fsp3) is 0.833. The summed E-state index contributed by atoms with van der Waals surface area (Å²) in [6, 6.07) is 0. The summed E-state index contributed by atoms with van der Waals surface area (Å²) in [5, 5.41) is 18.3. The molecule has 2 N–H and O–H groups in total. The van der Waals surface area contributed by atoms with Crippen molar-refractivity contribution in [3.05, 3.63) is 0 Å². The molecule has 16 heavy (non-hydrogen) atoms. The minimum atomic E-state index is -0.856. The lowest BCUT2D eigenvalue weighted by molar-refractivity contribution is -0.141. The van der Waals surface area contributed by atoms with Crippen LogP contribution in [-0.2, 0) is 9.59 Å². The monoisotopic (exact) mass is 228 g/mol. The van der Waals surface area contributed by atoms with E-state index in [9.17, 15) is 14.7 Å². The van der Waals surface area contributed by atoms with Crippen LogP contribution >= 0.6 is 0 Å². The second kappa shape index (κ2) is 5.43. The van der Waals surface area contributed by atoms with E-state index in [1.165, 1.54) is 0 Å². The van der Waals surface area contributed by atoms with Gasteiger partial charge in [0.1, 0.15) is 6.10 Å². The van der Waals surface area contributed by atoms with Gasteiger partial charge in [0.15, 0.2) is 5.78 Å². The SMILES string of the molecule is CC1CCC(C(C)CCC(=O)O)C(=O)C1O. The zero-order chi connectivity index (χ0) is 12.3. The Balaban J connectivity index is 2.53. The zero-order valence-corrected chi connectivity index (χ0v) is 9.85. The first-order valence-electron chi connectivity index (χ1n) is 5.87. The van der Waals surface area contributed by atoms with Crippen molar-refractivity contribution in [3.8, 4) is 0 Å². The molecule has 0 aromatic rings. The maximum absolute atomic E-state index is 11.8. The molecule has 0 radical (unpaired) electrons. The van der Waals surface area contributed by atoms with Crippen LogP contribution < -0.4 is 0 Å². The molecule has 0 heterocycles. The second-order valence-corrected chi connectivity index (χ2v) is 4.92. The molecule has 1 saturated carbocycles. The molecule has 1 aliphatic rings. The Labute approximate surface area is 95.7 Å². The van der Waals surface area contributed by atoms with E-state index in [1.54, 1.807) is 0 Å². The minimum Gasteiger partial charge on any atom is -0.481 e. The van der Waals surface area contributed by atoms with E-state index in [4.69, 9.17) is 5.11 Å². The van der Waals surface area contributed by atoms with Gasteiger partial charge in [-0.05, 0) is 31.1 Å². The summed E-state index contributed by atoms with van der Waals surface area (Å²) in [6.07, 6.45) is 1.36. The number of ketones is 1. The third-order valence-electron chi connectivity index (χ3n) is 3.63. The Kier molecular flexibility index (Phi) is 4.47. The minimum absolute atomic E-state index is 0.0374. The van der Waals surface area contributed by atoms with Crippen molar-refractivity contribution in [2.75, 3.05) is 0 Å². The van der Waals surface area contributed by atoms with Gasteiger partial charge in [0, 0.05) is 12.3 Å². The second-order valence-electron chi connectivity index (χ2n) is 4.92. The maximum Gasteiger partial charge on any atom is 0.303 e. The molecule has 1 aliphatic carbocycles. The molecule has 0 amide bonds. The summed E-state index contributed by atoms with van der Waals surface area (Å²) in [7, 11) is 0. The normalized spacial score (nSPS) is 32.4. The van der Waals surface area contributed by atoms with E-state index in [0.717, 1.165) is 12.8 Å². The van der Waals surface area contributed by atoms with Gasteiger partial charge in [0.2, 0.25) is 0 Å². The van der Waals surface area contributed by atoms with Crippen molar-refractivity contribution < 1.29 is 19.8 Å². The Bertz CT molecular complexity index is 274. The molecule has 4 heteroatoms. The fourth-order valence-electron chi connectivity index (χ4n) is 2.36. The van der Waals surface area contributed by atoms with Crippen LogP contribution in [0.15, 0.2) is 0 Å². The molecule has 0 aliphatic heterocycles. The number of carbonyl (C=O) groups excluding carboxylic acids is 1. The van der Waals surface area contributed by atoms with Crippen molar-refractivity contribution in [3.63, 3.8) is 0 Å². The fourth-order valence-corrected chi connectivity index (χ4v) is 2.36. The van der Waals surface area contributed by atoms with E-state index >= 15 is 0 Å². The molecule has 0 spiro atoms. The van der Waals surface area contributed by atoms with E-state index in [2.05, 4.69) is 0 Å². The first-order valence-corrected chi connectivity index (χ1v) is 5.87. The van der Waals surface area contributed by atoms with Gasteiger partial charge in [-0.1, -0.05) is 13.8 Å². The number of carboxylic acid groups (broad SMARTS) is 1. The molecule has 0 saturated heterocycles. The standard InChI is InChI=1S/C12H20O4/c1-7(4-6-10(13)14)9-5-3-8(2)11(15)12(9)16/h7-9,11,15H,3-6H2,1-2H3,(H,13,14). The molecular formula is C12H20O4. The topological polar surface area (TPSA) is 74.6 Å². The average Bonchev–Trinajstić information content (AvgIpc) is 2.23. The Morgan fingerprint density at radius 2 is 2.12 bits per heavy atom. The van der Waals surface area contributed by atoms with Gasteiger partial charge < -0.3 is 10.2 Å². The largest absolute Gasteiger partial charge is 0.481 e. The number of carbonyl (C=O) groups is 2. The summed E-state index contributed by atoms with van der Waals surface area (Å²) < 4.78 is 0. The highest BCUT2D eigenvalue weighted by atomic mass is 16.4. The molecule has 4 unspecified atom stereocenters. The van der Waals surface area contributed by atoms with Gasteiger partial charge in [-0.25, -0.2) is 0 Å². The number of aliphatic carboxylic acids is 1. The smallest absolute Gasteiger partial charge is 0.303 e. The zero-order valence-electron chi connectivity index (χ0n) is 9.85. The van der Waals surface area contributed by atoms with E-state index < -0.39 is 12.1 Å². The number of Topliss-reactive ketones (excluding diaryl/α,β-unsaturated/α-hetero) is 1. The van der Waals surface area contributed by atoms with Crippen molar-refractivity contribution in [1.82, 2.24) is 0 Å². The van der Waals surface area contributed by atoms with Crippen LogP contribution in [0, 0.1) is 17.8 Å². The number of hydrogen-bond donors (Lipinski definition) is 2. The molecular weight excluding hydrogens is 208 g/mol. The van der Waals surface area contributed by atoms with Crippen molar-refractivity contribution in [2.45, 2.75) is 45.6 Å². The number of carboxylic acids is 1. The Morgan fingerprint density at radius 3 is 2.69 bits per heavy atom. The molecule has 4 atom stereocenters. The van der Waals surface area contributed by atoms with Crippen LogP contribution in [0.2, 0.25) is 0 Å². The van der Waals surface area contributed by atoms with Crippen LogP contribution in [0.5, 0.6) is 0 Å². The third kappa shape index (κ3) is 3.04. The Hall–Kier alpha value is -0.900. The summed E-state index contributed by atoms with van der Waals surface area (Å²) in [6.45, 7) is 3.77. The highest BCUT2D eigenvalue weighted by Crippen LogP contribution is 2.32. The summed E-state index contributed by atoms with van der Waals surface area (Å²) in [5.41, 5.74) is 0. The number of hydrogen-bond acceptors (Lipinski definition) is 3. The Morgan fingerprint density at radius 1 is 1.50 bits per heavy atom. The third-order valence-corrected chi connectivity index (χ3v) is 3.63. The van der Waals surface area contributed by atoms with Gasteiger partial charge in [0.05, 0.1) is 0 Å². The van der Waals surface area contributed by atoms with Crippen molar-refractivity contribution in [1.29, 1.82) is 0 Å². The average molecular weight is 228 g/mol. The van der Waals surface area contributed by atoms with Crippen LogP contribution in [-0.4, -0.2) is 28.1 Å². The molecule has 0 aromatic heterocycles. The molecule has 0 bridgehead atoms. The quantitative estimate of drug-likeness (QED) is 0.764. The highest BCUT2D eigenvalue weighted by Gasteiger charge is 2.37. The predicted molar refractivity (Wildman–Crippen MR) is 58.9 cm³/mol. The molecule has 1 rings (SSSR count). The lowest BCUT2D eigenvalue weighted by atomic mass is 9.73. The lowest BCUT2D eigenvalue weighted by Crippen LogP contribution is -2.40. The lowest BCUT2D eigenvalue weighted by Gasteiger charge is -2.32. The van der Waals surface area contributed by atoms with Crippen molar-refractivity contribution >= 4 is 11.8 Å². The summed E-state index contributed by atoms with van der Waals surface area (Å²) in [4.78, 5) is 22.3. The van der Waals surface area contributed by atoms with Gasteiger partial charge in [-0.3, -0.25) is 9.59 Å². The highest BCUT2D eigenvalue weighted by molar-refractivity contribution is 5.86. The van der Waals surface area contributed by atoms with E-state index in [0.29, 0.717) is 6.42 Å². The number of rotatable bonds is 4. The predicted octanol–water partition coefficient (Wildman–Crippen LogP) is 1.46. The number of aliphatic hydroxyl groups excluding tert-OH is 1. The molecule has 92 valence electrons. The van der Waals surface area contributed by atoms with Crippen LogP contribution in [0.3, 0.4) is 0 Å². The van der Waals surface area contributed by atoms with E-state index in [-0.39, 0.29) is 30.0 Å². The van der Waals surface area contributed by atoms with Crippen LogP contribution in [0.1, 0.15) is 39.5 Å².